The maximum Gasteiger partial charge on any atom is 0.0215 e. The Labute approximate surface area is 260 Å². The van der Waals surface area contributed by atoms with Gasteiger partial charge >= 0.3 is 0 Å². The Balaban J connectivity index is 1.06. The van der Waals surface area contributed by atoms with Crippen molar-refractivity contribution in [2.75, 3.05) is 0 Å². The minimum atomic E-state index is 0.120. The highest BCUT2D eigenvalue weighted by Gasteiger charge is 2.44. The average molecular weight is 563 g/mol. The molecule has 1 fully saturated rings. The molecule has 0 nitrogen and oxygen atoms in total. The molecule has 6 aromatic carbocycles. The van der Waals surface area contributed by atoms with Crippen LogP contribution in [0.3, 0.4) is 0 Å². The zero-order valence-electron chi connectivity index (χ0n) is 25.0. The minimum Gasteiger partial charge on any atom is -0.0619 e. The molecular formula is C44H34. The second-order valence-electron chi connectivity index (χ2n) is 13.6. The van der Waals surface area contributed by atoms with Crippen LogP contribution in [0.15, 0.2) is 121 Å². The first-order chi connectivity index (χ1) is 21.7. The molecule has 0 radical (unpaired) electrons. The minimum absolute atomic E-state index is 0.120. The van der Waals surface area contributed by atoms with E-state index in [0.717, 1.165) is 12.8 Å². The molecule has 4 aliphatic carbocycles. The quantitative estimate of drug-likeness (QED) is 0.197. The third-order valence-corrected chi connectivity index (χ3v) is 11.3. The summed E-state index contributed by atoms with van der Waals surface area (Å²) < 4.78 is 0. The maximum atomic E-state index is 2.57. The van der Waals surface area contributed by atoms with Crippen molar-refractivity contribution in [1.82, 2.24) is 0 Å². The van der Waals surface area contributed by atoms with Crippen LogP contribution in [0.1, 0.15) is 65.5 Å². The largest absolute Gasteiger partial charge is 0.0619 e. The van der Waals surface area contributed by atoms with Crippen molar-refractivity contribution < 1.29 is 0 Å². The summed E-state index contributed by atoms with van der Waals surface area (Å²) in [6.45, 7) is 0. The molecule has 0 unspecified atom stereocenters. The van der Waals surface area contributed by atoms with Crippen molar-refractivity contribution in [1.29, 1.82) is 0 Å². The van der Waals surface area contributed by atoms with Gasteiger partial charge in [0.1, 0.15) is 0 Å². The Morgan fingerprint density at radius 3 is 1.25 bits per heavy atom. The van der Waals surface area contributed by atoms with E-state index in [4.69, 9.17) is 0 Å². The lowest BCUT2D eigenvalue weighted by Crippen LogP contribution is -2.28. The van der Waals surface area contributed by atoms with E-state index >= 15 is 0 Å². The molecule has 210 valence electrons. The molecule has 0 heterocycles. The van der Waals surface area contributed by atoms with Crippen molar-refractivity contribution in [2.24, 2.45) is 0 Å². The average Bonchev–Trinajstić information content (AvgIpc) is 3.72. The van der Waals surface area contributed by atoms with E-state index in [0.29, 0.717) is 0 Å². The second-order valence-corrected chi connectivity index (χ2v) is 13.6. The molecule has 0 N–H and O–H groups in total. The van der Waals surface area contributed by atoms with E-state index in [2.05, 4.69) is 121 Å². The summed E-state index contributed by atoms with van der Waals surface area (Å²) in [6, 6.07) is 46.9. The fourth-order valence-electron chi connectivity index (χ4n) is 9.20. The van der Waals surface area contributed by atoms with E-state index in [-0.39, 0.29) is 5.41 Å². The van der Waals surface area contributed by atoms with Crippen LogP contribution in [0.2, 0.25) is 0 Å². The number of hydrogen-bond acceptors (Lipinski definition) is 0. The molecule has 0 atom stereocenters. The molecule has 0 saturated heterocycles. The zero-order valence-corrected chi connectivity index (χ0v) is 25.0. The first-order valence-corrected chi connectivity index (χ1v) is 16.5. The SMILES string of the molecule is c1ccc2c(c1)Cc1cc(-c3ccc4c(c3)C3(CCCCC3)c3cc(-c5ccc6c(c5)Cc5ccccc5-6)ccc3-4)ccc1-2. The summed E-state index contributed by atoms with van der Waals surface area (Å²) in [6.07, 6.45) is 8.54. The summed E-state index contributed by atoms with van der Waals surface area (Å²) in [5, 5.41) is 0. The van der Waals surface area contributed by atoms with Crippen LogP contribution in [0.5, 0.6) is 0 Å². The van der Waals surface area contributed by atoms with Crippen LogP contribution in [-0.4, -0.2) is 0 Å². The Morgan fingerprint density at radius 2 is 0.750 bits per heavy atom. The van der Waals surface area contributed by atoms with E-state index < -0.39 is 0 Å². The fourth-order valence-corrected chi connectivity index (χ4v) is 9.20. The van der Waals surface area contributed by atoms with Crippen LogP contribution in [0, 0.1) is 0 Å². The van der Waals surface area contributed by atoms with E-state index in [1.165, 1.54) is 110 Å². The van der Waals surface area contributed by atoms with Gasteiger partial charge < -0.3 is 0 Å². The summed E-state index contributed by atoms with van der Waals surface area (Å²) in [7, 11) is 0. The van der Waals surface area contributed by atoms with Crippen LogP contribution < -0.4 is 0 Å². The van der Waals surface area contributed by atoms with Gasteiger partial charge in [0.25, 0.3) is 0 Å². The first-order valence-electron chi connectivity index (χ1n) is 16.5. The first kappa shape index (κ1) is 24.7. The van der Waals surface area contributed by atoms with Gasteiger partial charge in [0.15, 0.2) is 0 Å². The van der Waals surface area contributed by atoms with E-state index in [1.54, 1.807) is 11.1 Å². The van der Waals surface area contributed by atoms with Gasteiger partial charge in [-0.3, -0.25) is 0 Å². The lowest BCUT2D eigenvalue weighted by Gasteiger charge is -2.36. The van der Waals surface area contributed by atoms with E-state index in [1.807, 2.05) is 0 Å². The normalized spacial score (nSPS) is 16.2. The van der Waals surface area contributed by atoms with Crippen LogP contribution in [0.25, 0.3) is 55.6 Å². The monoisotopic (exact) mass is 562 g/mol. The number of hydrogen-bond donors (Lipinski definition) is 0. The standard InChI is InChI=1S/C44H34/c1-6-20-44(21-7-1)42-26-30(28-12-16-38-34(22-28)24-32-8-2-4-10-36(32)38)14-18-40(42)41-19-15-31(27-43(41)44)29-13-17-39-35(23-29)25-33-9-3-5-11-37(33)39/h2-5,8-19,22-23,26-27H,1,6-7,20-21,24-25H2. The van der Waals surface area contributed by atoms with Crippen molar-refractivity contribution >= 4 is 0 Å². The molecule has 0 bridgehead atoms. The third kappa shape index (κ3) is 3.46. The van der Waals surface area contributed by atoms with Gasteiger partial charge in [-0.1, -0.05) is 128 Å². The van der Waals surface area contributed by atoms with Crippen molar-refractivity contribution in [2.45, 2.75) is 50.4 Å². The molecule has 44 heavy (non-hydrogen) atoms. The molecule has 0 aliphatic heterocycles. The number of rotatable bonds is 2. The highest BCUT2D eigenvalue weighted by molar-refractivity contribution is 5.88. The molecular weight excluding hydrogens is 528 g/mol. The molecule has 0 amide bonds. The topological polar surface area (TPSA) is 0 Å². The van der Waals surface area contributed by atoms with Crippen LogP contribution in [0.4, 0.5) is 0 Å². The van der Waals surface area contributed by atoms with Crippen LogP contribution >= 0.6 is 0 Å². The number of benzene rings is 6. The predicted octanol–water partition coefficient (Wildman–Crippen LogP) is 11.4. The maximum absolute atomic E-state index is 2.57. The van der Waals surface area contributed by atoms with Crippen molar-refractivity contribution in [3.63, 3.8) is 0 Å². The fraction of sp³-hybridized carbons (Fsp3) is 0.182. The Morgan fingerprint density at radius 1 is 0.341 bits per heavy atom. The predicted molar refractivity (Wildman–Crippen MR) is 183 cm³/mol. The van der Waals surface area contributed by atoms with Crippen LogP contribution in [-0.2, 0) is 18.3 Å². The molecule has 6 aromatic rings. The van der Waals surface area contributed by atoms with Gasteiger partial charge in [0.05, 0.1) is 0 Å². The Kier molecular flexibility index (Phi) is 5.15. The van der Waals surface area contributed by atoms with Gasteiger partial charge in [0, 0.05) is 5.41 Å². The zero-order chi connectivity index (χ0) is 28.8. The lowest BCUT2D eigenvalue weighted by molar-refractivity contribution is 0.353. The third-order valence-electron chi connectivity index (χ3n) is 11.3. The summed E-state index contributed by atoms with van der Waals surface area (Å²) in [5.41, 5.74) is 23.0. The molecule has 4 aliphatic rings. The van der Waals surface area contributed by atoms with Crippen molar-refractivity contribution in [3.8, 4) is 55.6 Å². The molecule has 0 aromatic heterocycles. The summed E-state index contributed by atoms with van der Waals surface area (Å²) >= 11 is 0. The number of fused-ring (bicyclic) bond motifs is 11. The Hall–Kier alpha value is -4.68. The molecule has 10 rings (SSSR count). The van der Waals surface area contributed by atoms with Gasteiger partial charge in [-0.05, 0) is 127 Å². The smallest absolute Gasteiger partial charge is 0.0215 e. The van der Waals surface area contributed by atoms with Gasteiger partial charge in [-0.2, -0.15) is 0 Å². The highest BCUT2D eigenvalue weighted by Crippen LogP contribution is 2.57. The molecule has 1 spiro atoms. The molecule has 0 heteroatoms. The summed E-state index contributed by atoms with van der Waals surface area (Å²) in [5.74, 6) is 0. The highest BCUT2D eigenvalue weighted by atomic mass is 14.5. The lowest BCUT2D eigenvalue weighted by atomic mass is 9.67. The van der Waals surface area contributed by atoms with Gasteiger partial charge in [0.2, 0.25) is 0 Å². The Bertz CT molecular complexity index is 2000. The van der Waals surface area contributed by atoms with E-state index in [9.17, 15) is 0 Å². The second kappa shape index (κ2) is 9.16. The molecule has 1 saturated carbocycles. The van der Waals surface area contributed by atoms with Crippen molar-refractivity contribution in [3.05, 3.63) is 155 Å². The summed E-state index contributed by atoms with van der Waals surface area (Å²) in [4.78, 5) is 0. The van der Waals surface area contributed by atoms with Gasteiger partial charge in [-0.25, -0.2) is 0 Å². The van der Waals surface area contributed by atoms with Gasteiger partial charge in [-0.15, -0.1) is 0 Å².